The highest BCUT2D eigenvalue weighted by molar-refractivity contribution is 8.06. The van der Waals surface area contributed by atoms with Crippen LogP contribution >= 0.6 is 23.5 Å². The summed E-state index contributed by atoms with van der Waals surface area (Å²) in [6.07, 6.45) is 3.21. The topological polar surface area (TPSA) is 58.2 Å². The second-order valence-corrected chi connectivity index (χ2v) is 9.30. The third-order valence-corrected chi connectivity index (χ3v) is 7.29. The summed E-state index contributed by atoms with van der Waals surface area (Å²) in [6, 6.07) is 0.663. The van der Waals surface area contributed by atoms with Gasteiger partial charge < -0.3 is 5.32 Å². The van der Waals surface area contributed by atoms with E-state index in [1.165, 1.54) is 18.6 Å². The Kier molecular flexibility index (Phi) is 6.14. The summed E-state index contributed by atoms with van der Waals surface area (Å²) in [6.45, 7) is 1.41. The van der Waals surface area contributed by atoms with Crippen molar-refractivity contribution in [2.45, 2.75) is 30.6 Å². The Bertz CT molecular complexity index is 338. The van der Waals surface area contributed by atoms with Gasteiger partial charge in [0.25, 0.3) is 0 Å². The van der Waals surface area contributed by atoms with Crippen molar-refractivity contribution in [2.24, 2.45) is 0 Å². The van der Waals surface area contributed by atoms with Gasteiger partial charge in [0, 0.05) is 35.1 Å². The van der Waals surface area contributed by atoms with Gasteiger partial charge in [-0.15, -0.1) is 0 Å². The molecule has 1 aliphatic heterocycles. The van der Waals surface area contributed by atoms with Gasteiger partial charge in [0.15, 0.2) is 0 Å². The highest BCUT2D eigenvalue weighted by atomic mass is 32.2. The summed E-state index contributed by atoms with van der Waals surface area (Å²) in [5.41, 5.74) is 0. The molecular formula is C11H22N2O2S3. The Labute approximate surface area is 118 Å². The summed E-state index contributed by atoms with van der Waals surface area (Å²) >= 11 is 3.80. The van der Waals surface area contributed by atoms with Gasteiger partial charge in [0.2, 0.25) is 10.0 Å². The lowest BCUT2D eigenvalue weighted by atomic mass is 10.5. The molecule has 0 bridgehead atoms. The van der Waals surface area contributed by atoms with Crippen molar-refractivity contribution in [3.63, 3.8) is 0 Å². The van der Waals surface area contributed by atoms with E-state index in [-0.39, 0.29) is 5.75 Å². The molecule has 0 amide bonds. The Morgan fingerprint density at radius 3 is 2.72 bits per heavy atom. The standard InChI is InChI=1S/C11H22N2O2S3/c14-18(15,7-1-4-12-10-2-3-10)13-8-11-9-16-5-6-17-11/h10-13H,1-9H2. The van der Waals surface area contributed by atoms with Crippen LogP contribution in [-0.4, -0.2) is 55.8 Å². The molecule has 0 aromatic carbocycles. The zero-order chi connectivity index (χ0) is 12.8. The first kappa shape index (κ1) is 15.0. The van der Waals surface area contributed by atoms with Crippen LogP contribution in [0.15, 0.2) is 0 Å². The average Bonchev–Trinajstić information content (AvgIpc) is 3.18. The zero-order valence-corrected chi connectivity index (χ0v) is 13.0. The summed E-state index contributed by atoms with van der Waals surface area (Å²) in [7, 11) is -3.07. The Balaban J connectivity index is 1.56. The molecule has 2 N–H and O–H groups in total. The van der Waals surface area contributed by atoms with E-state index in [9.17, 15) is 8.42 Å². The molecule has 1 aliphatic carbocycles. The van der Waals surface area contributed by atoms with Crippen molar-refractivity contribution < 1.29 is 8.42 Å². The lowest BCUT2D eigenvalue weighted by Crippen LogP contribution is -2.35. The number of nitrogens with one attached hydrogen (secondary N) is 2. The predicted molar refractivity (Wildman–Crippen MR) is 81.0 cm³/mol. The summed E-state index contributed by atoms with van der Waals surface area (Å²) in [4.78, 5) is 0. The van der Waals surface area contributed by atoms with Gasteiger partial charge in [-0.3, -0.25) is 0 Å². The maximum Gasteiger partial charge on any atom is 0.211 e. The fourth-order valence-corrected chi connectivity index (χ4v) is 5.64. The Morgan fingerprint density at radius 1 is 1.22 bits per heavy atom. The van der Waals surface area contributed by atoms with E-state index in [2.05, 4.69) is 10.0 Å². The van der Waals surface area contributed by atoms with Crippen LogP contribution < -0.4 is 10.0 Å². The van der Waals surface area contributed by atoms with Gasteiger partial charge in [-0.2, -0.15) is 23.5 Å². The summed E-state index contributed by atoms with van der Waals surface area (Å²) in [5, 5.41) is 3.78. The maximum atomic E-state index is 11.8. The van der Waals surface area contributed by atoms with Crippen LogP contribution in [0.1, 0.15) is 19.3 Å². The van der Waals surface area contributed by atoms with Crippen molar-refractivity contribution >= 4 is 33.5 Å². The fraction of sp³-hybridized carbons (Fsp3) is 1.00. The summed E-state index contributed by atoms with van der Waals surface area (Å²) in [5.74, 6) is 3.65. The molecular weight excluding hydrogens is 288 g/mol. The SMILES string of the molecule is O=S(=O)(CCCNC1CC1)NCC1CSCCS1. The molecule has 2 fully saturated rings. The lowest BCUT2D eigenvalue weighted by Gasteiger charge is -2.21. The van der Waals surface area contributed by atoms with Gasteiger partial charge in [-0.25, -0.2) is 13.1 Å². The third kappa shape index (κ3) is 6.14. The largest absolute Gasteiger partial charge is 0.314 e. The Morgan fingerprint density at radius 2 is 2.06 bits per heavy atom. The number of hydrogen-bond acceptors (Lipinski definition) is 5. The van der Waals surface area contributed by atoms with Crippen LogP contribution in [-0.2, 0) is 10.0 Å². The molecule has 106 valence electrons. The quantitative estimate of drug-likeness (QED) is 0.652. The first-order valence-electron chi connectivity index (χ1n) is 6.56. The van der Waals surface area contributed by atoms with Gasteiger partial charge in [-0.05, 0) is 25.8 Å². The number of rotatable bonds is 8. The molecule has 0 aromatic heterocycles. The molecule has 0 aromatic rings. The van der Waals surface area contributed by atoms with Crippen molar-refractivity contribution in [3.05, 3.63) is 0 Å². The lowest BCUT2D eigenvalue weighted by molar-refractivity contribution is 0.574. The minimum Gasteiger partial charge on any atom is -0.314 e. The van der Waals surface area contributed by atoms with E-state index in [1.807, 2.05) is 23.5 Å². The molecule has 0 radical (unpaired) electrons. The molecule has 1 saturated carbocycles. The Hall–Kier alpha value is 0.570. The van der Waals surface area contributed by atoms with Gasteiger partial charge in [-0.1, -0.05) is 0 Å². The minimum atomic E-state index is -3.07. The number of hydrogen-bond donors (Lipinski definition) is 2. The van der Waals surface area contributed by atoms with E-state index in [0.717, 1.165) is 18.1 Å². The normalized spacial score (nSPS) is 25.2. The van der Waals surface area contributed by atoms with Crippen LogP contribution in [0.25, 0.3) is 0 Å². The van der Waals surface area contributed by atoms with E-state index in [4.69, 9.17) is 0 Å². The monoisotopic (exact) mass is 310 g/mol. The maximum absolute atomic E-state index is 11.8. The van der Waals surface area contributed by atoms with E-state index < -0.39 is 10.0 Å². The van der Waals surface area contributed by atoms with Gasteiger partial charge >= 0.3 is 0 Å². The molecule has 2 aliphatic rings. The fourth-order valence-electron chi connectivity index (χ4n) is 1.80. The third-order valence-electron chi connectivity index (χ3n) is 3.02. The van der Waals surface area contributed by atoms with Crippen LogP contribution in [0.3, 0.4) is 0 Å². The smallest absolute Gasteiger partial charge is 0.211 e. The van der Waals surface area contributed by atoms with Crippen LogP contribution in [0.2, 0.25) is 0 Å². The molecule has 1 heterocycles. The van der Waals surface area contributed by atoms with E-state index in [1.54, 1.807) is 0 Å². The van der Waals surface area contributed by atoms with Crippen molar-refractivity contribution in [1.29, 1.82) is 0 Å². The number of thioether (sulfide) groups is 2. The highest BCUT2D eigenvalue weighted by Crippen LogP contribution is 2.23. The average molecular weight is 311 g/mol. The molecule has 2 rings (SSSR count). The van der Waals surface area contributed by atoms with Gasteiger partial charge in [0.1, 0.15) is 0 Å². The van der Waals surface area contributed by atoms with Crippen LogP contribution in [0.4, 0.5) is 0 Å². The van der Waals surface area contributed by atoms with Crippen LogP contribution in [0.5, 0.6) is 0 Å². The molecule has 1 saturated heterocycles. The van der Waals surface area contributed by atoms with Crippen molar-refractivity contribution in [3.8, 4) is 0 Å². The number of sulfonamides is 1. The zero-order valence-electron chi connectivity index (χ0n) is 10.6. The molecule has 7 heteroatoms. The second-order valence-electron chi connectivity index (χ2n) is 4.82. The summed E-state index contributed by atoms with van der Waals surface area (Å²) < 4.78 is 26.3. The van der Waals surface area contributed by atoms with Gasteiger partial charge in [0.05, 0.1) is 5.75 Å². The first-order chi connectivity index (χ1) is 8.66. The highest BCUT2D eigenvalue weighted by Gasteiger charge is 2.21. The predicted octanol–water partition coefficient (Wildman–Crippen LogP) is 0.897. The minimum absolute atomic E-state index is 0.247. The molecule has 1 atom stereocenters. The van der Waals surface area contributed by atoms with Crippen molar-refractivity contribution in [1.82, 2.24) is 10.0 Å². The first-order valence-corrected chi connectivity index (χ1v) is 10.4. The molecule has 4 nitrogen and oxygen atoms in total. The van der Waals surface area contributed by atoms with E-state index >= 15 is 0 Å². The van der Waals surface area contributed by atoms with Crippen molar-refractivity contribution in [2.75, 3.05) is 36.1 Å². The molecule has 18 heavy (non-hydrogen) atoms. The van der Waals surface area contributed by atoms with Crippen LogP contribution in [0, 0.1) is 0 Å². The second kappa shape index (κ2) is 7.38. The van der Waals surface area contributed by atoms with E-state index in [0.29, 0.717) is 24.3 Å². The molecule has 1 unspecified atom stereocenters. The molecule has 0 spiro atoms.